The van der Waals surface area contributed by atoms with Gasteiger partial charge < -0.3 is 9.80 Å². The van der Waals surface area contributed by atoms with Crippen molar-refractivity contribution in [3.63, 3.8) is 0 Å². The van der Waals surface area contributed by atoms with Crippen LogP contribution in [0.3, 0.4) is 0 Å². The summed E-state index contributed by atoms with van der Waals surface area (Å²) in [5.74, 6) is -0.775. The maximum Gasteiger partial charge on any atom is 0.283 e. The summed E-state index contributed by atoms with van der Waals surface area (Å²) in [5.41, 5.74) is 0.883. The lowest BCUT2D eigenvalue weighted by atomic mass is 10.2. The Labute approximate surface area is 128 Å². The van der Waals surface area contributed by atoms with Gasteiger partial charge in [0.15, 0.2) is 0 Å². The first-order valence-electron chi connectivity index (χ1n) is 6.86. The van der Waals surface area contributed by atoms with Crippen molar-refractivity contribution >= 4 is 29.1 Å². The molecule has 2 heterocycles. The molecular formula is C15H16ClN3O2. The summed E-state index contributed by atoms with van der Waals surface area (Å²) < 4.78 is 0. The highest BCUT2D eigenvalue weighted by Crippen LogP contribution is 2.31. The summed E-state index contributed by atoms with van der Waals surface area (Å²) in [7, 11) is 2.03. The number of para-hydroxylation sites is 1. The minimum atomic E-state index is -0.443. The Morgan fingerprint density at radius 2 is 1.57 bits per heavy atom. The van der Waals surface area contributed by atoms with Crippen LogP contribution in [-0.4, -0.2) is 54.8 Å². The van der Waals surface area contributed by atoms with Gasteiger partial charge in [-0.05, 0) is 19.2 Å². The fourth-order valence-electron chi connectivity index (χ4n) is 2.61. The van der Waals surface area contributed by atoms with E-state index >= 15 is 0 Å². The summed E-state index contributed by atoms with van der Waals surface area (Å²) in [6.45, 7) is 3.09. The Morgan fingerprint density at radius 3 is 2.19 bits per heavy atom. The zero-order chi connectivity index (χ0) is 15.0. The van der Waals surface area contributed by atoms with Gasteiger partial charge in [-0.1, -0.05) is 29.8 Å². The third-order valence-electron chi connectivity index (χ3n) is 3.84. The van der Waals surface area contributed by atoms with Gasteiger partial charge in [-0.15, -0.1) is 0 Å². The van der Waals surface area contributed by atoms with E-state index in [-0.39, 0.29) is 10.9 Å². The fourth-order valence-corrected chi connectivity index (χ4v) is 2.89. The molecule has 1 fully saturated rings. The molecule has 3 rings (SSSR count). The van der Waals surface area contributed by atoms with E-state index in [0.717, 1.165) is 18.0 Å². The molecule has 6 heteroatoms. The van der Waals surface area contributed by atoms with E-state index in [0.29, 0.717) is 24.5 Å². The molecule has 1 aromatic rings. The number of piperazine rings is 1. The number of amides is 2. The lowest BCUT2D eigenvalue weighted by Crippen LogP contribution is -2.46. The first-order chi connectivity index (χ1) is 10.1. The van der Waals surface area contributed by atoms with Gasteiger partial charge in [-0.25, -0.2) is 4.90 Å². The second kappa shape index (κ2) is 5.50. The number of hydrogen-bond acceptors (Lipinski definition) is 4. The molecule has 0 N–H and O–H groups in total. The van der Waals surface area contributed by atoms with Gasteiger partial charge in [0.2, 0.25) is 0 Å². The summed E-state index contributed by atoms with van der Waals surface area (Å²) >= 11 is 6.15. The largest absolute Gasteiger partial charge is 0.363 e. The predicted octanol–water partition coefficient (Wildman–Crippen LogP) is 1.26. The van der Waals surface area contributed by atoms with Crippen molar-refractivity contribution in [1.82, 2.24) is 9.80 Å². The number of carbonyl (C=O) groups excluding carboxylic acids is 2. The predicted molar refractivity (Wildman–Crippen MR) is 80.9 cm³/mol. The molecule has 1 saturated heterocycles. The van der Waals surface area contributed by atoms with Crippen molar-refractivity contribution in [2.75, 3.05) is 38.1 Å². The van der Waals surface area contributed by atoms with Crippen molar-refractivity contribution in [1.29, 1.82) is 0 Å². The molecular weight excluding hydrogens is 290 g/mol. The van der Waals surface area contributed by atoms with E-state index < -0.39 is 5.91 Å². The van der Waals surface area contributed by atoms with Crippen LogP contribution in [0.15, 0.2) is 41.1 Å². The van der Waals surface area contributed by atoms with Gasteiger partial charge in [0.05, 0.1) is 5.69 Å². The van der Waals surface area contributed by atoms with Crippen molar-refractivity contribution in [3.8, 4) is 0 Å². The van der Waals surface area contributed by atoms with Crippen molar-refractivity contribution < 1.29 is 9.59 Å². The minimum Gasteiger partial charge on any atom is -0.363 e. The van der Waals surface area contributed by atoms with E-state index in [9.17, 15) is 9.59 Å². The number of carbonyl (C=O) groups is 2. The molecule has 0 aromatic heterocycles. The molecule has 2 aliphatic rings. The monoisotopic (exact) mass is 305 g/mol. The second-order valence-electron chi connectivity index (χ2n) is 5.23. The Hall–Kier alpha value is -1.85. The van der Waals surface area contributed by atoms with Crippen LogP contribution >= 0.6 is 11.6 Å². The first-order valence-corrected chi connectivity index (χ1v) is 7.24. The standard InChI is InChI=1S/C15H16ClN3O2/c1-17-7-9-18(10-8-17)13-12(16)14(20)19(15(13)21)11-5-3-2-4-6-11/h2-6H,7-10H2,1H3. The van der Waals surface area contributed by atoms with Crippen LogP contribution in [0.25, 0.3) is 0 Å². The highest BCUT2D eigenvalue weighted by Gasteiger charge is 2.41. The van der Waals surface area contributed by atoms with Gasteiger partial charge in [0, 0.05) is 26.2 Å². The molecule has 0 bridgehead atoms. The number of hydrogen-bond donors (Lipinski definition) is 0. The van der Waals surface area contributed by atoms with E-state index in [1.54, 1.807) is 24.3 Å². The highest BCUT2D eigenvalue weighted by molar-refractivity contribution is 6.52. The lowest BCUT2D eigenvalue weighted by Gasteiger charge is -2.34. The molecule has 1 aromatic carbocycles. The smallest absolute Gasteiger partial charge is 0.283 e. The molecule has 110 valence electrons. The molecule has 0 unspecified atom stereocenters. The van der Waals surface area contributed by atoms with E-state index in [4.69, 9.17) is 11.6 Å². The van der Waals surface area contributed by atoms with Crippen LogP contribution in [0.2, 0.25) is 0 Å². The Morgan fingerprint density at radius 1 is 0.952 bits per heavy atom. The molecule has 2 aliphatic heterocycles. The molecule has 21 heavy (non-hydrogen) atoms. The zero-order valence-electron chi connectivity index (χ0n) is 11.8. The average Bonchev–Trinajstić information content (AvgIpc) is 2.72. The topological polar surface area (TPSA) is 43.9 Å². The molecule has 2 amide bonds. The fraction of sp³-hybridized carbons (Fsp3) is 0.333. The number of rotatable bonds is 2. The van der Waals surface area contributed by atoms with Crippen LogP contribution in [-0.2, 0) is 9.59 Å². The highest BCUT2D eigenvalue weighted by atomic mass is 35.5. The normalized spacial score (nSPS) is 20.7. The van der Waals surface area contributed by atoms with Gasteiger partial charge >= 0.3 is 0 Å². The third kappa shape index (κ3) is 2.43. The Balaban J connectivity index is 1.89. The lowest BCUT2D eigenvalue weighted by molar-refractivity contribution is -0.121. The maximum absolute atomic E-state index is 12.6. The van der Waals surface area contributed by atoms with Crippen molar-refractivity contribution in [2.45, 2.75) is 0 Å². The number of nitrogens with zero attached hydrogens (tertiary/aromatic N) is 3. The average molecular weight is 306 g/mol. The minimum absolute atomic E-state index is 0.0217. The summed E-state index contributed by atoms with van der Waals surface area (Å²) in [5, 5.41) is 0.0217. The van der Waals surface area contributed by atoms with Crippen LogP contribution in [0, 0.1) is 0 Å². The summed E-state index contributed by atoms with van der Waals surface area (Å²) in [6.07, 6.45) is 0. The number of anilines is 1. The number of benzene rings is 1. The maximum atomic E-state index is 12.6. The summed E-state index contributed by atoms with van der Waals surface area (Å²) in [4.78, 5) is 30.2. The van der Waals surface area contributed by atoms with E-state index in [1.165, 1.54) is 0 Å². The van der Waals surface area contributed by atoms with Gasteiger partial charge in [0.1, 0.15) is 10.7 Å². The summed E-state index contributed by atoms with van der Waals surface area (Å²) in [6, 6.07) is 8.88. The molecule has 0 atom stereocenters. The molecule has 0 aliphatic carbocycles. The van der Waals surface area contributed by atoms with E-state index in [2.05, 4.69) is 4.90 Å². The van der Waals surface area contributed by atoms with E-state index in [1.807, 2.05) is 18.0 Å². The molecule has 0 radical (unpaired) electrons. The first kappa shape index (κ1) is 14.1. The van der Waals surface area contributed by atoms with Crippen molar-refractivity contribution in [3.05, 3.63) is 41.1 Å². The van der Waals surface area contributed by atoms with Crippen LogP contribution in [0.5, 0.6) is 0 Å². The van der Waals surface area contributed by atoms with Crippen LogP contribution < -0.4 is 4.90 Å². The van der Waals surface area contributed by atoms with Gasteiger partial charge in [-0.2, -0.15) is 0 Å². The molecule has 0 spiro atoms. The zero-order valence-corrected chi connectivity index (χ0v) is 12.5. The quantitative estimate of drug-likeness (QED) is 0.772. The van der Waals surface area contributed by atoms with Gasteiger partial charge in [0.25, 0.3) is 11.8 Å². The molecule has 5 nitrogen and oxygen atoms in total. The van der Waals surface area contributed by atoms with Crippen LogP contribution in [0.1, 0.15) is 0 Å². The third-order valence-corrected chi connectivity index (χ3v) is 4.18. The number of imide groups is 1. The Kier molecular flexibility index (Phi) is 3.69. The number of halogens is 1. The molecule has 0 saturated carbocycles. The second-order valence-corrected chi connectivity index (χ2v) is 5.61. The van der Waals surface area contributed by atoms with Gasteiger partial charge in [-0.3, -0.25) is 9.59 Å². The number of likely N-dealkylation sites (N-methyl/N-ethyl adjacent to an activating group) is 1. The Bertz CT molecular complexity index is 607. The SMILES string of the molecule is CN1CCN(C2=C(Cl)C(=O)N(c3ccccc3)C2=O)CC1. The van der Waals surface area contributed by atoms with Crippen LogP contribution in [0.4, 0.5) is 5.69 Å². The van der Waals surface area contributed by atoms with Crippen molar-refractivity contribution in [2.24, 2.45) is 0 Å².